The van der Waals surface area contributed by atoms with Crippen molar-refractivity contribution in [2.24, 2.45) is 4.99 Å². The van der Waals surface area contributed by atoms with Crippen LogP contribution in [0, 0.1) is 0 Å². The highest BCUT2D eigenvalue weighted by Gasteiger charge is 2.23. The van der Waals surface area contributed by atoms with Crippen LogP contribution in [0.5, 0.6) is 0 Å². The SMILES string of the molecule is CCNC(=NCC(=O)N1CCc2ccccc21)NCCc1cccc(C(=O)NC)c1. The number of benzene rings is 2. The average molecular weight is 408 g/mol. The Kier molecular flexibility index (Phi) is 7.43. The van der Waals surface area contributed by atoms with Crippen LogP contribution >= 0.6 is 0 Å². The van der Waals surface area contributed by atoms with Crippen molar-refractivity contribution in [2.45, 2.75) is 19.8 Å². The quantitative estimate of drug-likeness (QED) is 0.482. The molecule has 2 aromatic rings. The molecule has 0 radical (unpaired) electrons. The minimum Gasteiger partial charge on any atom is -0.357 e. The summed E-state index contributed by atoms with van der Waals surface area (Å²) in [6, 6.07) is 15.6. The van der Waals surface area contributed by atoms with Gasteiger partial charge in [0.25, 0.3) is 5.91 Å². The Hall–Kier alpha value is -3.35. The fraction of sp³-hybridized carbons (Fsp3) is 0.348. The standard InChI is InChI=1S/C23H29N5O2/c1-3-25-23(26-13-11-17-7-6-9-19(15-17)22(30)24-2)27-16-21(29)28-14-12-18-8-4-5-10-20(18)28/h4-10,15H,3,11-14,16H2,1-2H3,(H,24,30)(H2,25,26,27). The summed E-state index contributed by atoms with van der Waals surface area (Å²) < 4.78 is 0. The number of nitrogens with zero attached hydrogens (tertiary/aromatic N) is 2. The average Bonchev–Trinajstić information content (AvgIpc) is 3.21. The topological polar surface area (TPSA) is 85.8 Å². The molecule has 1 aliphatic rings. The lowest BCUT2D eigenvalue weighted by Gasteiger charge is -2.17. The maximum atomic E-state index is 12.7. The molecule has 0 aromatic heterocycles. The van der Waals surface area contributed by atoms with Crippen molar-refractivity contribution in [1.29, 1.82) is 0 Å². The Morgan fingerprint density at radius 2 is 1.93 bits per heavy atom. The van der Waals surface area contributed by atoms with Gasteiger partial charge in [-0.1, -0.05) is 30.3 Å². The molecule has 7 nitrogen and oxygen atoms in total. The van der Waals surface area contributed by atoms with Gasteiger partial charge in [0.15, 0.2) is 5.96 Å². The second-order valence-corrected chi connectivity index (χ2v) is 7.08. The number of nitrogens with one attached hydrogen (secondary N) is 3. The van der Waals surface area contributed by atoms with Crippen molar-refractivity contribution in [3.63, 3.8) is 0 Å². The molecule has 3 rings (SSSR count). The number of rotatable bonds is 7. The van der Waals surface area contributed by atoms with Gasteiger partial charge in [-0.2, -0.15) is 0 Å². The van der Waals surface area contributed by atoms with Gasteiger partial charge in [-0.3, -0.25) is 9.59 Å². The molecule has 3 N–H and O–H groups in total. The first kappa shape index (κ1) is 21.4. The summed E-state index contributed by atoms with van der Waals surface area (Å²) in [5, 5.41) is 9.08. The third-order valence-electron chi connectivity index (χ3n) is 5.03. The summed E-state index contributed by atoms with van der Waals surface area (Å²) in [6.45, 7) is 4.14. The Morgan fingerprint density at radius 1 is 1.10 bits per heavy atom. The van der Waals surface area contributed by atoms with Crippen LogP contribution < -0.4 is 20.9 Å². The maximum Gasteiger partial charge on any atom is 0.251 e. The van der Waals surface area contributed by atoms with E-state index in [0.29, 0.717) is 31.2 Å². The molecule has 30 heavy (non-hydrogen) atoms. The lowest BCUT2D eigenvalue weighted by molar-refractivity contribution is -0.117. The van der Waals surface area contributed by atoms with Crippen LogP contribution in [0.15, 0.2) is 53.5 Å². The highest BCUT2D eigenvalue weighted by Crippen LogP contribution is 2.27. The van der Waals surface area contributed by atoms with E-state index in [4.69, 9.17) is 0 Å². The molecular weight excluding hydrogens is 378 g/mol. The van der Waals surface area contributed by atoms with Crippen LogP contribution in [0.3, 0.4) is 0 Å². The van der Waals surface area contributed by atoms with E-state index in [2.05, 4.69) is 27.0 Å². The minimum absolute atomic E-state index is 0.00423. The van der Waals surface area contributed by atoms with Gasteiger partial charge in [-0.15, -0.1) is 0 Å². The van der Waals surface area contributed by atoms with Gasteiger partial charge in [0.1, 0.15) is 6.54 Å². The number of carbonyl (C=O) groups is 2. The molecule has 0 bridgehead atoms. The Morgan fingerprint density at radius 3 is 2.73 bits per heavy atom. The normalized spacial score (nSPS) is 13.0. The van der Waals surface area contributed by atoms with Crippen LogP contribution in [0.4, 0.5) is 5.69 Å². The largest absolute Gasteiger partial charge is 0.357 e. The highest BCUT2D eigenvalue weighted by atomic mass is 16.2. The van der Waals surface area contributed by atoms with Crippen molar-refractivity contribution >= 4 is 23.5 Å². The number of guanidine groups is 1. The fourth-order valence-corrected chi connectivity index (χ4v) is 3.51. The molecule has 0 saturated carbocycles. The number of aliphatic imine (C=N–C) groups is 1. The minimum atomic E-state index is -0.0956. The van der Waals surface area contributed by atoms with Gasteiger partial charge >= 0.3 is 0 Å². The van der Waals surface area contributed by atoms with Crippen LogP contribution in [0.2, 0.25) is 0 Å². The summed E-state index contributed by atoms with van der Waals surface area (Å²) in [4.78, 5) is 30.7. The van der Waals surface area contributed by atoms with E-state index in [1.54, 1.807) is 13.1 Å². The molecular formula is C23H29N5O2. The van der Waals surface area contributed by atoms with E-state index in [0.717, 1.165) is 24.1 Å². The van der Waals surface area contributed by atoms with E-state index in [1.165, 1.54) is 5.56 Å². The third kappa shape index (κ3) is 5.37. The van der Waals surface area contributed by atoms with Crippen molar-refractivity contribution < 1.29 is 9.59 Å². The van der Waals surface area contributed by atoms with Gasteiger partial charge in [0.05, 0.1) is 0 Å². The predicted octanol–water partition coefficient (Wildman–Crippen LogP) is 1.73. The second-order valence-electron chi connectivity index (χ2n) is 7.08. The monoisotopic (exact) mass is 407 g/mol. The van der Waals surface area contributed by atoms with Gasteiger partial charge < -0.3 is 20.9 Å². The number of carbonyl (C=O) groups excluding carboxylic acids is 2. The van der Waals surface area contributed by atoms with Gasteiger partial charge in [-0.05, 0) is 49.1 Å². The van der Waals surface area contributed by atoms with Crippen LogP contribution in [0.25, 0.3) is 0 Å². The Labute approximate surface area is 177 Å². The van der Waals surface area contributed by atoms with Crippen LogP contribution in [-0.4, -0.2) is 51.0 Å². The number of hydrogen-bond donors (Lipinski definition) is 3. The van der Waals surface area contributed by atoms with Crippen LogP contribution in [-0.2, 0) is 17.6 Å². The molecule has 0 atom stereocenters. The number of fused-ring (bicyclic) bond motifs is 1. The first-order valence-corrected chi connectivity index (χ1v) is 10.3. The van der Waals surface area contributed by atoms with E-state index >= 15 is 0 Å². The maximum absolute atomic E-state index is 12.7. The summed E-state index contributed by atoms with van der Waals surface area (Å²) in [5.41, 5.74) is 3.90. The van der Waals surface area contributed by atoms with Crippen molar-refractivity contribution in [3.05, 3.63) is 65.2 Å². The zero-order chi connectivity index (χ0) is 21.3. The molecule has 0 saturated heterocycles. The molecule has 158 valence electrons. The van der Waals surface area contributed by atoms with Gasteiger partial charge in [0.2, 0.25) is 5.91 Å². The molecule has 0 unspecified atom stereocenters. The first-order valence-electron chi connectivity index (χ1n) is 10.3. The number of hydrogen-bond acceptors (Lipinski definition) is 3. The summed E-state index contributed by atoms with van der Waals surface area (Å²) in [5.74, 6) is 0.512. The molecule has 1 heterocycles. The third-order valence-corrected chi connectivity index (χ3v) is 5.03. The van der Waals surface area contributed by atoms with E-state index < -0.39 is 0 Å². The summed E-state index contributed by atoms with van der Waals surface area (Å²) in [6.07, 6.45) is 1.63. The molecule has 0 aliphatic carbocycles. The van der Waals surface area contributed by atoms with Crippen molar-refractivity contribution in [2.75, 3.05) is 38.1 Å². The van der Waals surface area contributed by atoms with E-state index in [1.807, 2.05) is 48.2 Å². The van der Waals surface area contributed by atoms with E-state index in [-0.39, 0.29) is 18.4 Å². The van der Waals surface area contributed by atoms with Gasteiger partial charge in [-0.25, -0.2) is 4.99 Å². The lowest BCUT2D eigenvalue weighted by atomic mass is 10.1. The van der Waals surface area contributed by atoms with Crippen molar-refractivity contribution in [1.82, 2.24) is 16.0 Å². The lowest BCUT2D eigenvalue weighted by Crippen LogP contribution is -2.40. The molecule has 2 amide bonds. The highest BCUT2D eigenvalue weighted by molar-refractivity contribution is 5.98. The zero-order valence-electron chi connectivity index (χ0n) is 17.6. The molecule has 7 heteroatoms. The second kappa shape index (κ2) is 10.4. The number of para-hydroxylation sites is 1. The van der Waals surface area contributed by atoms with Gasteiger partial charge in [0, 0.05) is 37.9 Å². The van der Waals surface area contributed by atoms with Crippen LogP contribution in [0.1, 0.15) is 28.4 Å². The van der Waals surface area contributed by atoms with E-state index in [9.17, 15) is 9.59 Å². The number of anilines is 1. The first-order chi connectivity index (χ1) is 14.6. The molecule has 0 spiro atoms. The molecule has 0 fully saturated rings. The summed E-state index contributed by atoms with van der Waals surface area (Å²) >= 11 is 0. The summed E-state index contributed by atoms with van der Waals surface area (Å²) in [7, 11) is 1.62. The molecule has 2 aromatic carbocycles. The Bertz CT molecular complexity index is 925. The molecule has 1 aliphatic heterocycles. The predicted molar refractivity (Wildman–Crippen MR) is 120 cm³/mol. The number of amides is 2. The Balaban J connectivity index is 1.55. The smallest absolute Gasteiger partial charge is 0.251 e. The van der Waals surface area contributed by atoms with Crippen molar-refractivity contribution in [3.8, 4) is 0 Å². The zero-order valence-corrected chi connectivity index (χ0v) is 17.6. The fourth-order valence-electron chi connectivity index (χ4n) is 3.51.